The molecule has 0 N–H and O–H groups in total. The van der Waals surface area contributed by atoms with Crippen molar-refractivity contribution >= 4 is 34.2 Å². The lowest BCUT2D eigenvalue weighted by Crippen LogP contribution is -2.44. The van der Waals surface area contributed by atoms with Crippen LogP contribution in [0.5, 0.6) is 0 Å². The predicted molar refractivity (Wildman–Crippen MR) is 83.2 cm³/mol. The Kier molecular flexibility index (Phi) is 4.07. The Bertz CT molecular complexity index is 467. The van der Waals surface area contributed by atoms with E-state index in [9.17, 15) is 4.79 Å². The third kappa shape index (κ3) is 3.11. The fourth-order valence-corrected chi connectivity index (χ4v) is 3.14. The molecule has 4 heteroatoms. The summed E-state index contributed by atoms with van der Waals surface area (Å²) < 4.78 is 6.60. The third-order valence-electron chi connectivity index (χ3n) is 3.81. The Hall–Kier alpha value is -0.620. The average Bonchev–Trinajstić information content (AvgIpc) is 3.24. The first-order valence-corrected chi connectivity index (χ1v) is 8.00. The zero-order chi connectivity index (χ0) is 13.2. The largest absolute Gasteiger partial charge is 0.381 e. The van der Waals surface area contributed by atoms with Gasteiger partial charge in [0.2, 0.25) is 5.91 Å². The van der Waals surface area contributed by atoms with Crippen molar-refractivity contribution in [1.29, 1.82) is 0 Å². The number of hydrogen-bond donors (Lipinski definition) is 0. The van der Waals surface area contributed by atoms with Crippen molar-refractivity contribution in [3.05, 3.63) is 27.8 Å². The highest BCUT2D eigenvalue weighted by atomic mass is 127. The number of rotatable bonds is 3. The lowest BCUT2D eigenvalue weighted by Gasteiger charge is -2.34. The van der Waals surface area contributed by atoms with Gasteiger partial charge in [-0.05, 0) is 66.5 Å². The van der Waals surface area contributed by atoms with Crippen LogP contribution in [0, 0.1) is 9.49 Å². The number of ether oxygens (including phenoxy) is 1. The fraction of sp³-hybridized carbons (Fsp3) is 0.533. The number of carbonyl (C=O) groups is 1. The summed E-state index contributed by atoms with van der Waals surface area (Å²) in [5.74, 6) is 0.578. The molecule has 1 amide bonds. The van der Waals surface area contributed by atoms with Crippen molar-refractivity contribution in [3.63, 3.8) is 0 Å². The van der Waals surface area contributed by atoms with Crippen LogP contribution in [0.4, 0.5) is 5.69 Å². The molecular formula is C15H18INO2. The summed E-state index contributed by atoms with van der Waals surface area (Å²) >= 11 is 2.30. The van der Waals surface area contributed by atoms with Crippen molar-refractivity contribution in [1.82, 2.24) is 0 Å². The number of halogens is 1. The maximum absolute atomic E-state index is 12.6. The molecule has 1 aromatic rings. The van der Waals surface area contributed by atoms with Gasteiger partial charge in [-0.15, -0.1) is 0 Å². The van der Waals surface area contributed by atoms with Crippen LogP contribution < -0.4 is 4.90 Å². The number of nitrogens with zero attached hydrogens (tertiary/aromatic N) is 1. The zero-order valence-corrected chi connectivity index (χ0v) is 13.0. The molecule has 1 aliphatic heterocycles. The van der Waals surface area contributed by atoms with Gasteiger partial charge in [0.05, 0.1) is 0 Å². The van der Waals surface area contributed by atoms with E-state index in [-0.39, 0.29) is 5.92 Å². The first kappa shape index (κ1) is 13.4. The van der Waals surface area contributed by atoms with Gasteiger partial charge in [0.1, 0.15) is 0 Å². The van der Waals surface area contributed by atoms with Gasteiger partial charge < -0.3 is 9.64 Å². The SMILES string of the molecule is O=C(C1CC1)N(c1cccc(I)c1)C1CCOCC1. The van der Waals surface area contributed by atoms with Gasteiger partial charge in [-0.3, -0.25) is 4.79 Å². The maximum Gasteiger partial charge on any atom is 0.230 e. The summed E-state index contributed by atoms with van der Waals surface area (Å²) in [4.78, 5) is 14.6. The molecule has 2 fully saturated rings. The number of benzene rings is 1. The molecular weight excluding hydrogens is 353 g/mol. The van der Waals surface area contributed by atoms with E-state index >= 15 is 0 Å². The Morgan fingerprint density at radius 2 is 1.95 bits per heavy atom. The van der Waals surface area contributed by atoms with Gasteiger partial charge in [0.25, 0.3) is 0 Å². The second-order valence-corrected chi connectivity index (χ2v) is 6.55. The summed E-state index contributed by atoms with van der Waals surface area (Å²) in [6.07, 6.45) is 4.01. The predicted octanol–water partition coefficient (Wildman–Crippen LogP) is 3.21. The number of hydrogen-bond acceptors (Lipinski definition) is 2. The molecule has 0 spiro atoms. The zero-order valence-electron chi connectivity index (χ0n) is 10.8. The molecule has 1 aromatic carbocycles. The molecule has 3 nitrogen and oxygen atoms in total. The number of anilines is 1. The average molecular weight is 371 g/mol. The third-order valence-corrected chi connectivity index (χ3v) is 4.48. The summed E-state index contributed by atoms with van der Waals surface area (Å²) in [7, 11) is 0. The van der Waals surface area contributed by atoms with Gasteiger partial charge in [-0.2, -0.15) is 0 Å². The maximum atomic E-state index is 12.6. The van der Waals surface area contributed by atoms with Crippen LogP contribution in [0.2, 0.25) is 0 Å². The van der Waals surface area contributed by atoms with Gasteiger partial charge >= 0.3 is 0 Å². The van der Waals surface area contributed by atoms with Crippen molar-refractivity contribution in [2.75, 3.05) is 18.1 Å². The highest BCUT2D eigenvalue weighted by Gasteiger charge is 2.37. The molecule has 19 heavy (non-hydrogen) atoms. The Morgan fingerprint density at radius 3 is 2.58 bits per heavy atom. The Labute approximate surface area is 127 Å². The van der Waals surface area contributed by atoms with E-state index in [2.05, 4.69) is 40.8 Å². The minimum absolute atomic E-state index is 0.265. The molecule has 1 saturated heterocycles. The second-order valence-electron chi connectivity index (χ2n) is 5.31. The van der Waals surface area contributed by atoms with E-state index in [1.54, 1.807) is 0 Å². The standard InChI is InChI=1S/C15H18INO2/c16-12-2-1-3-14(10-12)17(15(18)11-4-5-11)13-6-8-19-9-7-13/h1-3,10-11,13H,4-9H2. The molecule has 1 saturated carbocycles. The molecule has 0 radical (unpaired) electrons. The van der Waals surface area contributed by atoms with Gasteiger partial charge in [0.15, 0.2) is 0 Å². The number of amides is 1. The summed E-state index contributed by atoms with van der Waals surface area (Å²) in [5, 5.41) is 0. The molecule has 1 heterocycles. The Balaban J connectivity index is 1.88. The van der Waals surface area contributed by atoms with Crippen LogP contribution in [-0.2, 0) is 9.53 Å². The minimum atomic E-state index is 0.265. The minimum Gasteiger partial charge on any atom is -0.381 e. The van der Waals surface area contributed by atoms with Gasteiger partial charge in [-0.1, -0.05) is 6.07 Å². The van der Waals surface area contributed by atoms with E-state index in [0.717, 1.165) is 44.6 Å². The number of carbonyl (C=O) groups excluding carboxylic acids is 1. The van der Waals surface area contributed by atoms with Crippen molar-refractivity contribution in [3.8, 4) is 0 Å². The lowest BCUT2D eigenvalue weighted by atomic mass is 10.0. The molecule has 0 atom stereocenters. The monoisotopic (exact) mass is 371 g/mol. The van der Waals surface area contributed by atoms with Crippen LogP contribution in [0.1, 0.15) is 25.7 Å². The van der Waals surface area contributed by atoms with Crippen molar-refractivity contribution in [2.45, 2.75) is 31.7 Å². The lowest BCUT2D eigenvalue weighted by molar-refractivity contribution is -0.120. The van der Waals surface area contributed by atoms with Crippen LogP contribution in [0.15, 0.2) is 24.3 Å². The summed E-state index contributed by atoms with van der Waals surface area (Å²) in [5.41, 5.74) is 1.05. The molecule has 0 bridgehead atoms. The summed E-state index contributed by atoms with van der Waals surface area (Å²) in [6.45, 7) is 1.53. The van der Waals surface area contributed by atoms with Gasteiger partial charge in [-0.25, -0.2) is 0 Å². The molecule has 0 aromatic heterocycles. The molecule has 2 aliphatic rings. The molecule has 3 rings (SSSR count). The van der Waals surface area contributed by atoms with E-state index < -0.39 is 0 Å². The van der Waals surface area contributed by atoms with Crippen LogP contribution in [0.3, 0.4) is 0 Å². The van der Waals surface area contributed by atoms with E-state index in [1.165, 1.54) is 3.57 Å². The smallest absolute Gasteiger partial charge is 0.230 e. The van der Waals surface area contributed by atoms with Crippen LogP contribution in [0.25, 0.3) is 0 Å². The van der Waals surface area contributed by atoms with E-state index in [0.29, 0.717) is 11.9 Å². The highest BCUT2D eigenvalue weighted by molar-refractivity contribution is 14.1. The summed E-state index contributed by atoms with van der Waals surface area (Å²) in [6, 6.07) is 8.56. The first-order valence-electron chi connectivity index (χ1n) is 6.92. The topological polar surface area (TPSA) is 29.5 Å². The molecule has 102 valence electrons. The quantitative estimate of drug-likeness (QED) is 0.764. The van der Waals surface area contributed by atoms with Gasteiger partial charge in [0, 0.05) is 34.4 Å². The normalized spacial score (nSPS) is 20.3. The first-order chi connectivity index (χ1) is 9.25. The van der Waals surface area contributed by atoms with Crippen LogP contribution in [-0.4, -0.2) is 25.2 Å². The van der Waals surface area contributed by atoms with Crippen LogP contribution >= 0.6 is 22.6 Å². The molecule has 1 aliphatic carbocycles. The van der Waals surface area contributed by atoms with E-state index in [4.69, 9.17) is 4.74 Å². The van der Waals surface area contributed by atoms with Crippen molar-refractivity contribution < 1.29 is 9.53 Å². The second kappa shape index (κ2) is 5.79. The Morgan fingerprint density at radius 1 is 1.21 bits per heavy atom. The van der Waals surface area contributed by atoms with Crippen molar-refractivity contribution in [2.24, 2.45) is 5.92 Å². The molecule has 0 unspecified atom stereocenters. The highest BCUT2D eigenvalue weighted by Crippen LogP contribution is 2.35. The van der Waals surface area contributed by atoms with E-state index in [1.807, 2.05) is 11.0 Å². The fourth-order valence-electron chi connectivity index (χ4n) is 2.61.